The Morgan fingerprint density at radius 2 is 2.29 bits per heavy atom. The zero-order valence-corrected chi connectivity index (χ0v) is 8.38. The maximum atomic E-state index is 8.56. The van der Waals surface area contributed by atoms with Crippen molar-refractivity contribution >= 4 is 17.6 Å². The van der Waals surface area contributed by atoms with Crippen molar-refractivity contribution in [2.45, 2.75) is 17.9 Å². The fraction of sp³-hybridized carbons (Fsp3) is 0.571. The van der Waals surface area contributed by atoms with Crippen LogP contribution in [0.4, 0.5) is 0 Å². The van der Waals surface area contributed by atoms with E-state index in [0.717, 1.165) is 18.6 Å². The lowest BCUT2D eigenvalue weighted by molar-refractivity contribution is 0.287. The van der Waals surface area contributed by atoms with Crippen LogP contribution in [0.1, 0.15) is 18.5 Å². The lowest BCUT2D eigenvalue weighted by Crippen LogP contribution is -2.12. The number of hydrogen-bond donors (Lipinski definition) is 3. The van der Waals surface area contributed by atoms with E-state index in [0.29, 0.717) is 10.7 Å². The Labute approximate surface area is 85.3 Å². The molecule has 0 amide bonds. The number of aliphatic hydroxyl groups excluding tert-OH is 1. The fourth-order valence-electron chi connectivity index (χ4n) is 0.822. The molecule has 7 heteroatoms. The monoisotopic (exact) mass is 216 g/mol. The van der Waals surface area contributed by atoms with Gasteiger partial charge < -0.3 is 10.8 Å². The summed E-state index contributed by atoms with van der Waals surface area (Å²) in [4.78, 5) is 0. The Hall–Kier alpha value is -1.08. The first kappa shape index (κ1) is 11.0. The maximum absolute atomic E-state index is 8.56. The normalized spacial score (nSPS) is 10.4. The molecule has 0 saturated heterocycles. The van der Waals surface area contributed by atoms with Gasteiger partial charge in [-0.25, -0.2) is 4.63 Å². The first-order valence-corrected chi connectivity index (χ1v) is 5.15. The smallest absolute Gasteiger partial charge is 0.183 e. The highest BCUT2D eigenvalue weighted by molar-refractivity contribution is 7.99. The molecule has 0 fully saturated rings. The van der Waals surface area contributed by atoms with E-state index in [1.165, 1.54) is 11.8 Å². The highest BCUT2D eigenvalue weighted by Crippen LogP contribution is 2.19. The molecular weight excluding hydrogens is 204 g/mol. The number of thioether (sulfide) groups is 1. The van der Waals surface area contributed by atoms with Crippen molar-refractivity contribution < 1.29 is 9.74 Å². The van der Waals surface area contributed by atoms with Gasteiger partial charge in [0.15, 0.2) is 10.7 Å². The Kier molecular flexibility index (Phi) is 4.41. The van der Waals surface area contributed by atoms with Crippen LogP contribution in [-0.4, -0.2) is 33.6 Å². The number of amidine groups is 1. The molecular formula is C7H12N4O2S. The van der Waals surface area contributed by atoms with E-state index in [4.69, 9.17) is 16.2 Å². The van der Waals surface area contributed by atoms with Gasteiger partial charge in [0.05, 0.1) is 0 Å². The SMILES string of the molecule is N=C(N)c1nonc1SCCCCO. The second-order valence-corrected chi connectivity index (χ2v) is 3.69. The molecule has 4 N–H and O–H groups in total. The molecule has 1 aromatic rings. The van der Waals surface area contributed by atoms with E-state index in [-0.39, 0.29) is 12.4 Å². The molecule has 0 aliphatic heterocycles. The number of nitrogens with two attached hydrogens (primary N) is 1. The molecule has 78 valence electrons. The quantitative estimate of drug-likeness (QED) is 0.271. The summed E-state index contributed by atoms with van der Waals surface area (Å²) in [6.45, 7) is 0.192. The number of nitrogen functional groups attached to an aromatic ring is 1. The van der Waals surface area contributed by atoms with Crippen LogP contribution >= 0.6 is 11.8 Å². The predicted octanol–water partition coefficient (Wildman–Crippen LogP) is 0.218. The molecule has 0 aliphatic carbocycles. The van der Waals surface area contributed by atoms with E-state index in [1.807, 2.05) is 0 Å². The summed E-state index contributed by atoms with van der Waals surface area (Å²) in [7, 11) is 0. The zero-order valence-electron chi connectivity index (χ0n) is 7.56. The largest absolute Gasteiger partial charge is 0.396 e. The van der Waals surface area contributed by atoms with E-state index < -0.39 is 0 Å². The molecule has 0 atom stereocenters. The van der Waals surface area contributed by atoms with Gasteiger partial charge in [0.1, 0.15) is 5.84 Å². The van der Waals surface area contributed by atoms with Gasteiger partial charge in [-0.3, -0.25) is 5.41 Å². The zero-order chi connectivity index (χ0) is 10.4. The van der Waals surface area contributed by atoms with Crippen LogP contribution in [0.15, 0.2) is 9.65 Å². The molecule has 0 aromatic carbocycles. The average molecular weight is 216 g/mol. The van der Waals surface area contributed by atoms with Crippen LogP contribution in [0.2, 0.25) is 0 Å². The van der Waals surface area contributed by atoms with Crippen molar-refractivity contribution in [1.82, 2.24) is 10.3 Å². The summed E-state index contributed by atoms with van der Waals surface area (Å²) in [5.41, 5.74) is 5.55. The summed E-state index contributed by atoms with van der Waals surface area (Å²) in [5, 5.41) is 23.4. The van der Waals surface area contributed by atoms with Crippen molar-refractivity contribution in [2.75, 3.05) is 12.4 Å². The first-order valence-electron chi connectivity index (χ1n) is 4.16. The van der Waals surface area contributed by atoms with Crippen LogP contribution in [-0.2, 0) is 0 Å². The van der Waals surface area contributed by atoms with Crippen LogP contribution in [0.5, 0.6) is 0 Å². The summed E-state index contributed by atoms with van der Waals surface area (Å²) < 4.78 is 4.47. The molecule has 0 unspecified atom stereocenters. The molecule has 1 aromatic heterocycles. The summed E-state index contributed by atoms with van der Waals surface area (Å²) in [6, 6.07) is 0. The minimum absolute atomic E-state index is 0.143. The molecule has 0 spiro atoms. The number of aromatic nitrogens is 2. The molecule has 0 aliphatic rings. The first-order chi connectivity index (χ1) is 6.75. The van der Waals surface area contributed by atoms with Crippen LogP contribution in [0.3, 0.4) is 0 Å². The van der Waals surface area contributed by atoms with E-state index in [9.17, 15) is 0 Å². The van der Waals surface area contributed by atoms with Crippen molar-refractivity contribution in [3.8, 4) is 0 Å². The predicted molar refractivity (Wildman–Crippen MR) is 52.4 cm³/mol. The Balaban J connectivity index is 2.42. The van der Waals surface area contributed by atoms with Crippen LogP contribution in [0.25, 0.3) is 0 Å². The third kappa shape index (κ3) is 3.00. The highest BCUT2D eigenvalue weighted by Gasteiger charge is 2.12. The minimum atomic E-state index is -0.143. The number of hydrogen-bond acceptors (Lipinski definition) is 6. The van der Waals surface area contributed by atoms with Crippen LogP contribution in [0, 0.1) is 5.41 Å². The lowest BCUT2D eigenvalue weighted by atomic mass is 10.4. The Bertz CT molecular complexity index is 302. The van der Waals surface area contributed by atoms with Gasteiger partial charge in [0, 0.05) is 6.61 Å². The minimum Gasteiger partial charge on any atom is -0.396 e. The van der Waals surface area contributed by atoms with Crippen molar-refractivity contribution in [3.05, 3.63) is 5.69 Å². The second-order valence-electron chi connectivity index (χ2n) is 2.61. The van der Waals surface area contributed by atoms with Gasteiger partial charge in [-0.05, 0) is 28.9 Å². The maximum Gasteiger partial charge on any atom is 0.183 e. The van der Waals surface area contributed by atoms with E-state index in [2.05, 4.69) is 14.9 Å². The number of aliphatic hydroxyl groups is 1. The molecule has 0 saturated carbocycles. The van der Waals surface area contributed by atoms with Gasteiger partial charge in [0.25, 0.3) is 0 Å². The van der Waals surface area contributed by atoms with Gasteiger partial charge in [-0.2, -0.15) is 0 Å². The molecule has 6 nitrogen and oxygen atoms in total. The van der Waals surface area contributed by atoms with Gasteiger partial charge in [-0.1, -0.05) is 0 Å². The second kappa shape index (κ2) is 5.61. The molecule has 0 bridgehead atoms. The van der Waals surface area contributed by atoms with Crippen molar-refractivity contribution in [2.24, 2.45) is 5.73 Å². The third-order valence-electron chi connectivity index (χ3n) is 1.50. The summed E-state index contributed by atoms with van der Waals surface area (Å²) in [5.74, 6) is 0.658. The molecule has 1 rings (SSSR count). The van der Waals surface area contributed by atoms with Gasteiger partial charge in [-0.15, -0.1) is 11.8 Å². The van der Waals surface area contributed by atoms with Gasteiger partial charge >= 0.3 is 0 Å². The number of nitrogens with zero attached hydrogens (tertiary/aromatic N) is 2. The molecule has 1 heterocycles. The van der Waals surface area contributed by atoms with Crippen molar-refractivity contribution in [3.63, 3.8) is 0 Å². The number of nitrogens with one attached hydrogen (secondary N) is 1. The topological polar surface area (TPSA) is 109 Å². The lowest BCUT2D eigenvalue weighted by Gasteiger charge is -1.96. The van der Waals surface area contributed by atoms with E-state index in [1.54, 1.807) is 0 Å². The number of rotatable bonds is 6. The Morgan fingerprint density at radius 3 is 2.93 bits per heavy atom. The molecule has 0 radical (unpaired) electrons. The fourth-order valence-corrected chi connectivity index (χ4v) is 1.73. The standard InChI is InChI=1S/C7H12N4O2S/c8-6(9)5-7(11-13-10-5)14-4-2-1-3-12/h12H,1-4H2,(H3,8,9). The average Bonchev–Trinajstić information content (AvgIpc) is 2.60. The summed E-state index contributed by atoms with van der Waals surface area (Å²) >= 11 is 1.42. The third-order valence-corrected chi connectivity index (χ3v) is 2.54. The molecule has 14 heavy (non-hydrogen) atoms. The highest BCUT2D eigenvalue weighted by atomic mass is 32.2. The van der Waals surface area contributed by atoms with Gasteiger partial charge in [0.2, 0.25) is 0 Å². The number of unbranched alkanes of at least 4 members (excludes halogenated alkanes) is 1. The van der Waals surface area contributed by atoms with Crippen molar-refractivity contribution in [1.29, 1.82) is 5.41 Å². The van der Waals surface area contributed by atoms with E-state index >= 15 is 0 Å². The van der Waals surface area contributed by atoms with Crippen LogP contribution < -0.4 is 5.73 Å². The summed E-state index contributed by atoms with van der Waals surface area (Å²) in [6.07, 6.45) is 1.64. The Morgan fingerprint density at radius 1 is 1.50 bits per heavy atom.